The van der Waals surface area contributed by atoms with Gasteiger partial charge in [0.2, 0.25) is 0 Å². The van der Waals surface area contributed by atoms with Gasteiger partial charge in [-0.2, -0.15) is 0 Å². The SMILES string of the molecule is C/C=C/[C@H]1C=C[C@H]2C[C@@H](C)CC[C@@H]2[C@@]1(C)/C(O)=C1/C(=O)[C@@H](CO)N(C)C1=O. The Bertz CT molecular complexity index is 722. The number of carbonyl (C=O) groups excluding carboxylic acids is 2. The predicted octanol–water partition coefficient (Wildman–Crippen LogP) is 3.02. The number of Topliss-reactive ketones (excluding diaryl/α,β-unsaturated/α-hetero) is 1. The van der Waals surface area contributed by atoms with E-state index in [9.17, 15) is 19.8 Å². The van der Waals surface area contributed by atoms with Crippen LogP contribution < -0.4 is 0 Å². The van der Waals surface area contributed by atoms with E-state index in [1.807, 2.05) is 26.0 Å². The summed E-state index contributed by atoms with van der Waals surface area (Å²) in [5.41, 5.74) is -0.848. The van der Waals surface area contributed by atoms with Gasteiger partial charge in [0.15, 0.2) is 5.78 Å². The first kappa shape index (κ1) is 19.9. The third-order valence-corrected chi connectivity index (χ3v) is 7.06. The molecule has 5 heteroatoms. The number of hydrogen-bond donors (Lipinski definition) is 2. The molecule has 5 nitrogen and oxygen atoms in total. The number of aliphatic hydroxyl groups excluding tert-OH is 2. The zero-order valence-electron chi connectivity index (χ0n) is 16.7. The van der Waals surface area contributed by atoms with Gasteiger partial charge in [-0.1, -0.05) is 44.6 Å². The van der Waals surface area contributed by atoms with E-state index in [0.29, 0.717) is 11.8 Å². The second kappa shape index (κ2) is 7.27. The fraction of sp³-hybridized carbons (Fsp3) is 0.636. The maximum Gasteiger partial charge on any atom is 0.261 e. The number of likely N-dealkylation sites (N-methyl/N-ethyl adjacent to an activating group) is 1. The lowest BCUT2D eigenvalue weighted by Crippen LogP contribution is -2.45. The summed E-state index contributed by atoms with van der Waals surface area (Å²) >= 11 is 0. The summed E-state index contributed by atoms with van der Waals surface area (Å²) < 4.78 is 0. The molecule has 6 atom stereocenters. The molecular weight excluding hydrogens is 342 g/mol. The Hall–Kier alpha value is -1.88. The first-order valence-corrected chi connectivity index (χ1v) is 9.94. The first-order valence-electron chi connectivity index (χ1n) is 9.94. The number of hydrogen-bond acceptors (Lipinski definition) is 4. The van der Waals surface area contributed by atoms with Crippen LogP contribution in [0.2, 0.25) is 0 Å². The third-order valence-electron chi connectivity index (χ3n) is 7.06. The van der Waals surface area contributed by atoms with Gasteiger partial charge < -0.3 is 15.1 Å². The molecule has 1 amide bonds. The monoisotopic (exact) mass is 373 g/mol. The van der Waals surface area contributed by atoms with Gasteiger partial charge in [-0.15, -0.1) is 0 Å². The number of likely N-dealkylation sites (tertiary alicyclic amines) is 1. The molecule has 27 heavy (non-hydrogen) atoms. The molecular formula is C22H31NO4. The van der Waals surface area contributed by atoms with Crippen LogP contribution in [0.15, 0.2) is 35.6 Å². The van der Waals surface area contributed by atoms with Gasteiger partial charge in [-0.25, -0.2) is 0 Å². The number of ketones is 1. The third kappa shape index (κ3) is 2.96. The summed E-state index contributed by atoms with van der Waals surface area (Å²) in [6, 6.07) is -0.903. The molecule has 0 spiro atoms. The zero-order valence-corrected chi connectivity index (χ0v) is 16.7. The van der Waals surface area contributed by atoms with Crippen molar-refractivity contribution in [1.82, 2.24) is 4.90 Å². The molecule has 2 aliphatic carbocycles. The number of carbonyl (C=O) groups is 2. The van der Waals surface area contributed by atoms with Crippen molar-refractivity contribution in [2.75, 3.05) is 13.7 Å². The number of fused-ring (bicyclic) bond motifs is 1. The van der Waals surface area contributed by atoms with E-state index in [1.165, 1.54) is 11.9 Å². The second-order valence-corrected chi connectivity index (χ2v) is 8.61. The molecule has 1 saturated heterocycles. The van der Waals surface area contributed by atoms with Gasteiger partial charge in [0, 0.05) is 18.4 Å². The van der Waals surface area contributed by atoms with Crippen molar-refractivity contribution in [3.05, 3.63) is 35.6 Å². The van der Waals surface area contributed by atoms with E-state index in [4.69, 9.17) is 0 Å². The number of rotatable bonds is 3. The van der Waals surface area contributed by atoms with Crippen LogP contribution in [0.4, 0.5) is 0 Å². The molecule has 0 bridgehead atoms. The van der Waals surface area contributed by atoms with Crippen molar-refractivity contribution >= 4 is 11.7 Å². The first-order chi connectivity index (χ1) is 12.8. The molecule has 2 N–H and O–H groups in total. The average Bonchev–Trinajstić information content (AvgIpc) is 2.85. The van der Waals surface area contributed by atoms with E-state index in [1.54, 1.807) is 0 Å². The van der Waals surface area contributed by atoms with Crippen LogP contribution in [0.3, 0.4) is 0 Å². The van der Waals surface area contributed by atoms with Gasteiger partial charge in [-0.05, 0) is 37.5 Å². The molecule has 0 unspecified atom stereocenters. The molecule has 0 aromatic rings. The lowest BCUT2D eigenvalue weighted by atomic mass is 9.54. The molecule has 1 heterocycles. The number of allylic oxidation sites excluding steroid dienone is 5. The standard InChI is InChI=1S/C22H31NO4/c1-5-6-15-9-8-14-11-13(2)7-10-16(14)22(15,3)20(26)18-19(25)17(12-24)23(4)21(18)27/h5-6,8-9,13-17,24,26H,7,10-12H2,1-4H3/b6-5+,20-18+/t13-,14-,15-,16-,17+,22-/m0/s1. The second-order valence-electron chi connectivity index (χ2n) is 8.61. The highest BCUT2D eigenvalue weighted by atomic mass is 16.3. The maximum atomic E-state index is 12.8. The summed E-state index contributed by atoms with van der Waals surface area (Å²) in [7, 11) is 1.50. The van der Waals surface area contributed by atoms with Gasteiger partial charge >= 0.3 is 0 Å². The number of amides is 1. The maximum absolute atomic E-state index is 12.8. The summed E-state index contributed by atoms with van der Waals surface area (Å²) in [5, 5.41) is 20.9. The van der Waals surface area contributed by atoms with Crippen LogP contribution in [0, 0.1) is 29.1 Å². The van der Waals surface area contributed by atoms with Crippen LogP contribution in [0.1, 0.15) is 40.0 Å². The van der Waals surface area contributed by atoms with E-state index in [-0.39, 0.29) is 23.2 Å². The summed E-state index contributed by atoms with van der Waals surface area (Å²) in [4.78, 5) is 26.7. The van der Waals surface area contributed by atoms with Gasteiger partial charge in [-0.3, -0.25) is 9.59 Å². The Morgan fingerprint density at radius 2 is 2.04 bits per heavy atom. The van der Waals surface area contributed by atoms with Crippen LogP contribution in [-0.4, -0.2) is 46.5 Å². The van der Waals surface area contributed by atoms with Crippen molar-refractivity contribution in [2.24, 2.45) is 29.1 Å². The fourth-order valence-corrected chi connectivity index (χ4v) is 5.35. The zero-order chi connectivity index (χ0) is 19.9. The van der Waals surface area contributed by atoms with Gasteiger partial charge in [0.25, 0.3) is 5.91 Å². The van der Waals surface area contributed by atoms with Crippen molar-refractivity contribution in [3.8, 4) is 0 Å². The Morgan fingerprint density at radius 3 is 2.63 bits per heavy atom. The molecule has 1 aliphatic heterocycles. The van der Waals surface area contributed by atoms with Crippen LogP contribution >= 0.6 is 0 Å². The number of aliphatic hydroxyl groups is 2. The summed E-state index contributed by atoms with van der Waals surface area (Å²) in [6.07, 6.45) is 11.5. The molecule has 2 fully saturated rings. The normalized spacial score (nSPS) is 41.4. The molecule has 0 radical (unpaired) electrons. The molecule has 0 aromatic heterocycles. The van der Waals surface area contributed by atoms with E-state index in [2.05, 4.69) is 19.1 Å². The Morgan fingerprint density at radius 1 is 1.33 bits per heavy atom. The summed E-state index contributed by atoms with van der Waals surface area (Å²) in [5.74, 6) is -0.00752. The predicted molar refractivity (Wildman–Crippen MR) is 104 cm³/mol. The lowest BCUT2D eigenvalue weighted by Gasteiger charge is -2.50. The quantitative estimate of drug-likeness (QED) is 0.345. The Kier molecular flexibility index (Phi) is 5.35. The highest BCUT2D eigenvalue weighted by Gasteiger charge is 2.53. The van der Waals surface area contributed by atoms with E-state index in [0.717, 1.165) is 19.3 Å². The highest BCUT2D eigenvalue weighted by molar-refractivity contribution is 6.26. The van der Waals surface area contributed by atoms with Crippen molar-refractivity contribution in [1.29, 1.82) is 0 Å². The van der Waals surface area contributed by atoms with Crippen LogP contribution in [-0.2, 0) is 9.59 Å². The van der Waals surface area contributed by atoms with Crippen LogP contribution in [0.25, 0.3) is 0 Å². The smallest absolute Gasteiger partial charge is 0.261 e. The van der Waals surface area contributed by atoms with E-state index < -0.39 is 29.8 Å². The Labute approximate surface area is 161 Å². The summed E-state index contributed by atoms with van der Waals surface area (Å²) in [6.45, 7) is 5.75. The van der Waals surface area contributed by atoms with E-state index >= 15 is 0 Å². The average molecular weight is 373 g/mol. The molecule has 0 aromatic carbocycles. The van der Waals surface area contributed by atoms with Gasteiger partial charge in [0.1, 0.15) is 17.4 Å². The minimum Gasteiger partial charge on any atom is -0.511 e. The molecule has 1 saturated carbocycles. The number of nitrogens with zero attached hydrogens (tertiary/aromatic N) is 1. The van der Waals surface area contributed by atoms with Gasteiger partial charge in [0.05, 0.1) is 6.61 Å². The van der Waals surface area contributed by atoms with Crippen LogP contribution in [0.5, 0.6) is 0 Å². The Balaban J connectivity index is 2.14. The minimum atomic E-state index is -0.903. The molecule has 3 aliphatic rings. The topological polar surface area (TPSA) is 77.8 Å². The van der Waals surface area contributed by atoms with Crippen molar-refractivity contribution in [3.63, 3.8) is 0 Å². The molecule has 3 rings (SSSR count). The highest BCUT2D eigenvalue weighted by Crippen LogP contribution is 2.56. The fourth-order valence-electron chi connectivity index (χ4n) is 5.35. The molecule has 148 valence electrons. The van der Waals surface area contributed by atoms with Crippen molar-refractivity contribution < 1.29 is 19.8 Å². The van der Waals surface area contributed by atoms with Crippen molar-refractivity contribution in [2.45, 2.75) is 46.1 Å². The lowest BCUT2D eigenvalue weighted by molar-refractivity contribution is -0.126. The minimum absolute atomic E-state index is 0.0799. The largest absolute Gasteiger partial charge is 0.511 e.